The summed E-state index contributed by atoms with van der Waals surface area (Å²) in [6.07, 6.45) is 0.992. The lowest BCUT2D eigenvalue weighted by Gasteiger charge is -2.02. The fraction of sp³-hybridized carbons (Fsp3) is 0.500. The zero-order valence-electron chi connectivity index (χ0n) is 9.63. The summed E-state index contributed by atoms with van der Waals surface area (Å²) in [6, 6.07) is 4.14. The van der Waals surface area contributed by atoms with Gasteiger partial charge in [0.15, 0.2) is 5.82 Å². The predicted octanol–water partition coefficient (Wildman–Crippen LogP) is 2.79. The summed E-state index contributed by atoms with van der Waals surface area (Å²) in [6.45, 7) is 3.61. The number of nitrogens with zero attached hydrogens (tertiary/aromatic N) is 2. The summed E-state index contributed by atoms with van der Waals surface area (Å²) >= 11 is 1.71. The maximum atomic E-state index is 5.35. The van der Waals surface area contributed by atoms with Gasteiger partial charge in [-0.1, -0.05) is 11.2 Å². The van der Waals surface area contributed by atoms with Crippen LogP contribution >= 0.6 is 11.3 Å². The van der Waals surface area contributed by atoms with Gasteiger partial charge in [0.1, 0.15) is 0 Å². The van der Waals surface area contributed by atoms with E-state index >= 15 is 0 Å². The van der Waals surface area contributed by atoms with Crippen LogP contribution in [0.3, 0.4) is 0 Å². The second-order valence-electron chi connectivity index (χ2n) is 4.29. The van der Waals surface area contributed by atoms with Crippen molar-refractivity contribution in [2.75, 3.05) is 13.2 Å². The molecule has 0 amide bonds. The van der Waals surface area contributed by atoms with E-state index in [-0.39, 0.29) is 5.92 Å². The highest BCUT2D eigenvalue weighted by Gasteiger charge is 2.25. The molecule has 0 N–H and O–H groups in total. The minimum atomic E-state index is 0.179. The van der Waals surface area contributed by atoms with E-state index in [1.807, 2.05) is 6.07 Å². The van der Waals surface area contributed by atoms with Crippen LogP contribution in [0.2, 0.25) is 0 Å². The molecule has 1 aliphatic heterocycles. The highest BCUT2D eigenvalue weighted by Crippen LogP contribution is 2.29. The van der Waals surface area contributed by atoms with E-state index in [4.69, 9.17) is 9.26 Å². The molecule has 2 atom stereocenters. The van der Waals surface area contributed by atoms with Crippen LogP contribution in [0.15, 0.2) is 22.0 Å². The lowest BCUT2D eigenvalue weighted by Crippen LogP contribution is -2.01. The normalized spacial score (nSPS) is 21.8. The van der Waals surface area contributed by atoms with Crippen molar-refractivity contribution in [2.45, 2.75) is 25.2 Å². The van der Waals surface area contributed by atoms with Crippen molar-refractivity contribution < 1.29 is 9.26 Å². The van der Waals surface area contributed by atoms with Crippen molar-refractivity contribution >= 4 is 11.3 Å². The van der Waals surface area contributed by atoms with Crippen LogP contribution in [0.1, 0.15) is 41.8 Å². The Balaban J connectivity index is 1.80. The van der Waals surface area contributed by atoms with Gasteiger partial charge in [0.25, 0.3) is 0 Å². The first-order valence-electron chi connectivity index (χ1n) is 5.79. The van der Waals surface area contributed by atoms with E-state index in [0.29, 0.717) is 18.4 Å². The van der Waals surface area contributed by atoms with Gasteiger partial charge in [0.05, 0.1) is 12.5 Å². The SMILES string of the molecule is C[C@H](c1nc([C@H]2CCOC2)no1)c1cccs1. The molecule has 0 bridgehead atoms. The molecule has 1 aliphatic rings. The third-order valence-corrected chi connectivity index (χ3v) is 4.15. The van der Waals surface area contributed by atoms with Crippen LogP contribution in [0.5, 0.6) is 0 Å². The third-order valence-electron chi connectivity index (χ3n) is 3.09. The molecule has 2 aromatic rings. The van der Waals surface area contributed by atoms with Gasteiger partial charge >= 0.3 is 0 Å². The van der Waals surface area contributed by atoms with Crippen molar-refractivity contribution in [3.8, 4) is 0 Å². The summed E-state index contributed by atoms with van der Waals surface area (Å²) in [5.74, 6) is 1.98. The Hall–Kier alpha value is -1.20. The number of hydrogen-bond donors (Lipinski definition) is 0. The van der Waals surface area contributed by atoms with Crippen molar-refractivity contribution in [3.63, 3.8) is 0 Å². The zero-order chi connectivity index (χ0) is 11.7. The first-order chi connectivity index (χ1) is 8.34. The quantitative estimate of drug-likeness (QED) is 0.840. The van der Waals surface area contributed by atoms with E-state index in [2.05, 4.69) is 28.5 Å². The molecular formula is C12H14N2O2S. The summed E-state index contributed by atoms with van der Waals surface area (Å²) in [5.41, 5.74) is 0. The molecule has 0 spiro atoms. The van der Waals surface area contributed by atoms with Gasteiger partial charge in [0.2, 0.25) is 5.89 Å². The summed E-state index contributed by atoms with van der Waals surface area (Å²) in [5, 5.41) is 6.13. The Labute approximate surface area is 104 Å². The molecule has 5 heteroatoms. The fourth-order valence-corrected chi connectivity index (χ4v) is 2.76. The predicted molar refractivity (Wildman–Crippen MR) is 64.3 cm³/mol. The molecule has 90 valence electrons. The Morgan fingerprint density at radius 1 is 1.53 bits per heavy atom. The maximum Gasteiger partial charge on any atom is 0.234 e. The molecular weight excluding hydrogens is 236 g/mol. The highest BCUT2D eigenvalue weighted by atomic mass is 32.1. The van der Waals surface area contributed by atoms with Crippen molar-refractivity contribution in [2.24, 2.45) is 0 Å². The number of ether oxygens (including phenoxy) is 1. The van der Waals surface area contributed by atoms with Gasteiger partial charge in [-0.3, -0.25) is 0 Å². The van der Waals surface area contributed by atoms with E-state index in [1.54, 1.807) is 11.3 Å². The highest BCUT2D eigenvalue weighted by molar-refractivity contribution is 7.10. The molecule has 0 unspecified atom stereocenters. The van der Waals surface area contributed by atoms with Crippen LogP contribution < -0.4 is 0 Å². The average Bonchev–Trinajstić information content (AvgIpc) is 3.09. The minimum Gasteiger partial charge on any atom is -0.381 e. The molecule has 1 saturated heterocycles. The van der Waals surface area contributed by atoms with Gasteiger partial charge in [-0.25, -0.2) is 0 Å². The van der Waals surface area contributed by atoms with E-state index in [1.165, 1.54) is 4.88 Å². The Kier molecular flexibility index (Phi) is 2.94. The number of hydrogen-bond acceptors (Lipinski definition) is 5. The number of thiophene rings is 1. The Morgan fingerprint density at radius 2 is 2.47 bits per heavy atom. The lowest BCUT2D eigenvalue weighted by atomic mass is 10.1. The van der Waals surface area contributed by atoms with Crippen molar-refractivity contribution in [3.05, 3.63) is 34.1 Å². The second kappa shape index (κ2) is 4.58. The first kappa shape index (κ1) is 10.9. The van der Waals surface area contributed by atoms with Crippen LogP contribution in [0, 0.1) is 0 Å². The molecule has 0 radical (unpaired) electrons. The average molecular weight is 250 g/mol. The minimum absolute atomic E-state index is 0.179. The molecule has 2 aromatic heterocycles. The maximum absolute atomic E-state index is 5.35. The summed E-state index contributed by atoms with van der Waals surface area (Å²) < 4.78 is 10.7. The van der Waals surface area contributed by atoms with Crippen LogP contribution in [0.4, 0.5) is 0 Å². The third kappa shape index (κ3) is 2.12. The van der Waals surface area contributed by atoms with Gasteiger partial charge in [0, 0.05) is 17.4 Å². The zero-order valence-corrected chi connectivity index (χ0v) is 10.4. The Morgan fingerprint density at radius 3 is 3.18 bits per heavy atom. The van der Waals surface area contributed by atoms with E-state index in [9.17, 15) is 0 Å². The molecule has 3 heterocycles. The van der Waals surface area contributed by atoms with Gasteiger partial charge in [-0.2, -0.15) is 4.98 Å². The van der Waals surface area contributed by atoms with E-state index < -0.39 is 0 Å². The van der Waals surface area contributed by atoms with Crippen LogP contribution in [0.25, 0.3) is 0 Å². The molecule has 0 aliphatic carbocycles. The number of rotatable bonds is 3. The lowest BCUT2D eigenvalue weighted by molar-refractivity contribution is 0.192. The molecule has 1 fully saturated rings. The monoisotopic (exact) mass is 250 g/mol. The van der Waals surface area contributed by atoms with Crippen molar-refractivity contribution in [1.82, 2.24) is 10.1 Å². The topological polar surface area (TPSA) is 48.2 Å². The standard InChI is InChI=1S/C12H14N2O2S/c1-8(10-3-2-6-17-10)12-13-11(14-16-12)9-4-5-15-7-9/h2-3,6,8-9H,4-5,7H2,1H3/t8-,9-/m0/s1. The van der Waals surface area contributed by atoms with E-state index in [0.717, 1.165) is 18.9 Å². The molecule has 0 aromatic carbocycles. The Bertz CT molecular complexity index is 474. The smallest absolute Gasteiger partial charge is 0.234 e. The van der Waals surface area contributed by atoms with Gasteiger partial charge in [-0.05, 0) is 24.8 Å². The van der Waals surface area contributed by atoms with Crippen LogP contribution in [-0.4, -0.2) is 23.4 Å². The molecule has 0 saturated carbocycles. The molecule has 17 heavy (non-hydrogen) atoms. The van der Waals surface area contributed by atoms with Crippen molar-refractivity contribution in [1.29, 1.82) is 0 Å². The van der Waals surface area contributed by atoms with Gasteiger partial charge in [-0.15, -0.1) is 11.3 Å². The van der Waals surface area contributed by atoms with Crippen LogP contribution in [-0.2, 0) is 4.74 Å². The summed E-state index contributed by atoms with van der Waals surface area (Å²) in [4.78, 5) is 5.75. The summed E-state index contributed by atoms with van der Waals surface area (Å²) in [7, 11) is 0. The molecule has 4 nitrogen and oxygen atoms in total. The second-order valence-corrected chi connectivity index (χ2v) is 5.27. The largest absolute Gasteiger partial charge is 0.381 e. The van der Waals surface area contributed by atoms with Gasteiger partial charge < -0.3 is 9.26 Å². The molecule has 3 rings (SSSR count). The number of aromatic nitrogens is 2. The fourth-order valence-electron chi connectivity index (χ4n) is 1.99. The first-order valence-corrected chi connectivity index (χ1v) is 6.67.